The number of aliphatic hydroxyl groups is 1. The Bertz CT molecular complexity index is 2300. The molecule has 6 aromatic rings. The lowest BCUT2D eigenvalue weighted by atomic mass is 9.99. The predicted molar refractivity (Wildman–Crippen MR) is 199 cm³/mol. The minimum atomic E-state index is -1.62. The van der Waals surface area contributed by atoms with Crippen LogP contribution in [-0.4, -0.2) is 64.4 Å². The van der Waals surface area contributed by atoms with Gasteiger partial charge in [0.15, 0.2) is 11.6 Å². The van der Waals surface area contributed by atoms with Crippen LogP contribution in [-0.2, 0) is 6.42 Å². The number of anilines is 2. The van der Waals surface area contributed by atoms with Gasteiger partial charge in [-0.15, -0.1) is 0 Å². The van der Waals surface area contributed by atoms with Crippen molar-refractivity contribution in [1.82, 2.24) is 30.6 Å². The molecule has 0 bridgehead atoms. The number of halogens is 4. The number of methoxy groups -OCH3 is 2. The Hall–Kier alpha value is -6.36. The van der Waals surface area contributed by atoms with Gasteiger partial charge in [-0.3, -0.25) is 0 Å². The lowest BCUT2D eigenvalue weighted by molar-refractivity contribution is 0.210. The lowest BCUT2D eigenvalue weighted by Crippen LogP contribution is -2.29. The van der Waals surface area contributed by atoms with Gasteiger partial charge >= 0.3 is 12.1 Å². The van der Waals surface area contributed by atoms with Crippen LogP contribution in [0.4, 0.5) is 38.5 Å². The number of fused-ring (bicyclic) bond motifs is 2. The third kappa shape index (κ3) is 9.24. The van der Waals surface area contributed by atoms with Crippen LogP contribution in [0.1, 0.15) is 55.0 Å². The van der Waals surface area contributed by atoms with E-state index in [9.17, 15) is 32.3 Å². The zero-order valence-corrected chi connectivity index (χ0v) is 30.4. The summed E-state index contributed by atoms with van der Waals surface area (Å²) in [5.74, 6) is -2.49. The summed E-state index contributed by atoms with van der Waals surface area (Å²) < 4.78 is 68.7. The maximum atomic E-state index is 14.9. The highest BCUT2D eigenvalue weighted by Gasteiger charge is 2.26. The van der Waals surface area contributed by atoms with Gasteiger partial charge in [-0.1, -0.05) is 13.8 Å². The first-order valence-electron chi connectivity index (χ1n) is 17.2. The Morgan fingerprint density at radius 1 is 0.764 bits per heavy atom. The van der Waals surface area contributed by atoms with E-state index in [1.165, 1.54) is 32.7 Å². The third-order valence-corrected chi connectivity index (χ3v) is 8.42. The van der Waals surface area contributed by atoms with Gasteiger partial charge in [-0.05, 0) is 54.8 Å². The number of rotatable bonds is 12. The highest BCUT2D eigenvalue weighted by molar-refractivity contribution is 5.90. The molecule has 7 N–H and O–H groups in total. The van der Waals surface area contributed by atoms with Crippen LogP contribution in [0.3, 0.4) is 0 Å². The van der Waals surface area contributed by atoms with Crippen molar-refractivity contribution in [2.45, 2.75) is 39.2 Å². The monoisotopic (exact) mass is 764 g/mol. The first-order chi connectivity index (χ1) is 26.5. The normalized spacial score (nSPS) is 11.4. The molecule has 6 rings (SSSR count). The second-order valence-corrected chi connectivity index (χ2v) is 12.2. The number of carbonyl (C=O) groups is 2. The number of benzene rings is 2. The summed E-state index contributed by atoms with van der Waals surface area (Å²) in [6.45, 7) is 4.65. The van der Waals surface area contributed by atoms with Crippen LogP contribution in [0.5, 0.6) is 11.5 Å². The van der Waals surface area contributed by atoms with Crippen molar-refractivity contribution in [3.8, 4) is 11.5 Å². The first-order valence-corrected chi connectivity index (χ1v) is 17.2. The molecule has 0 aliphatic rings. The molecule has 1 atom stereocenters. The average molecular weight is 765 g/mol. The molecule has 2 aromatic carbocycles. The number of nitrogens with one attached hydrogen (secondary N) is 6. The molecular weight excluding hydrogens is 724 g/mol. The van der Waals surface area contributed by atoms with Crippen molar-refractivity contribution in [3.05, 3.63) is 107 Å². The number of aromatic nitrogens is 4. The number of aliphatic hydroxyl groups excluding tert-OH is 1. The van der Waals surface area contributed by atoms with E-state index in [0.29, 0.717) is 58.6 Å². The van der Waals surface area contributed by atoms with Gasteiger partial charge in [-0.25, -0.2) is 37.1 Å². The van der Waals surface area contributed by atoms with Crippen molar-refractivity contribution in [3.63, 3.8) is 0 Å². The van der Waals surface area contributed by atoms with E-state index in [-0.39, 0.29) is 28.9 Å². The van der Waals surface area contributed by atoms with Gasteiger partial charge in [0.25, 0.3) is 0 Å². The molecule has 1 unspecified atom stereocenters. The molecule has 4 heterocycles. The van der Waals surface area contributed by atoms with Crippen molar-refractivity contribution in [2.75, 3.05) is 37.9 Å². The zero-order chi connectivity index (χ0) is 39.6. The van der Waals surface area contributed by atoms with E-state index >= 15 is 0 Å². The predicted octanol–water partition coefficient (Wildman–Crippen LogP) is 7.43. The molecule has 0 radical (unpaired) electrons. The number of hydrogen-bond donors (Lipinski definition) is 7. The summed E-state index contributed by atoms with van der Waals surface area (Å²) in [5, 5.41) is 21.7. The SMILES string of the molecule is CCCNC(=O)Nc1ccc(F)c(C(O)c2c[nH]c3ncc(OC)cc23)c1F.CCCNC(=O)Nc1ccc(F)c(Cc2c[nH]c3ncc(OC)cc23)c1F. The molecule has 4 aromatic heterocycles. The standard InChI is InChI=1S/C19H20F2N4O3.C19H20F2N4O2/c1-3-6-22-19(27)25-14-5-4-13(20)15(16(14)21)17(26)12-9-24-18-11(12)7-10(28-2)8-23-18;1-3-6-22-19(26)25-16-5-4-15(20)14(17(16)21)7-11-9-23-18-13(11)8-12(27-2)10-24-18/h4-5,7-9,17,26H,3,6H2,1-2H3,(H,23,24)(H2,22,25,27);4-5,8-10H,3,6-7H2,1-2H3,(H,23,24)(H2,22,25,26). The fourth-order valence-electron chi connectivity index (χ4n) is 5.57. The summed E-state index contributed by atoms with van der Waals surface area (Å²) in [5.41, 5.74) is 0.913. The molecule has 0 aliphatic carbocycles. The Morgan fingerprint density at radius 3 is 1.87 bits per heavy atom. The van der Waals surface area contributed by atoms with Gasteiger partial charge in [0.1, 0.15) is 40.5 Å². The second-order valence-electron chi connectivity index (χ2n) is 12.2. The Balaban J connectivity index is 0.000000211. The minimum absolute atomic E-state index is 0.00138. The van der Waals surface area contributed by atoms with Crippen LogP contribution < -0.4 is 30.7 Å². The summed E-state index contributed by atoms with van der Waals surface area (Å²) >= 11 is 0. The number of nitrogens with zero attached hydrogens (tertiary/aromatic N) is 2. The molecule has 290 valence electrons. The van der Waals surface area contributed by atoms with Crippen molar-refractivity contribution in [2.24, 2.45) is 0 Å². The number of aromatic amines is 2. The quantitative estimate of drug-likeness (QED) is 0.0634. The third-order valence-electron chi connectivity index (χ3n) is 8.42. The van der Waals surface area contributed by atoms with E-state index in [0.717, 1.165) is 24.6 Å². The first kappa shape index (κ1) is 39.8. The Morgan fingerprint density at radius 2 is 1.29 bits per heavy atom. The average Bonchev–Trinajstić information content (AvgIpc) is 3.80. The van der Waals surface area contributed by atoms with E-state index in [1.54, 1.807) is 24.5 Å². The van der Waals surface area contributed by atoms with Crippen molar-refractivity contribution in [1.29, 1.82) is 0 Å². The van der Waals surface area contributed by atoms with Gasteiger partial charge < -0.3 is 45.8 Å². The topological polar surface area (TPSA) is 178 Å². The molecule has 0 fully saturated rings. The number of pyridine rings is 2. The number of hydrogen-bond acceptors (Lipinski definition) is 7. The number of ether oxygens (including phenoxy) is 2. The molecule has 0 spiro atoms. The molecule has 4 amide bonds. The molecule has 17 heteroatoms. The Labute approximate surface area is 312 Å². The second kappa shape index (κ2) is 18.1. The van der Waals surface area contributed by atoms with E-state index < -0.39 is 47.0 Å². The van der Waals surface area contributed by atoms with E-state index in [4.69, 9.17) is 9.47 Å². The number of amides is 4. The molecule has 55 heavy (non-hydrogen) atoms. The maximum Gasteiger partial charge on any atom is 0.319 e. The van der Waals surface area contributed by atoms with Gasteiger partial charge in [0.2, 0.25) is 0 Å². The van der Waals surface area contributed by atoms with Gasteiger partial charge in [0, 0.05) is 53.8 Å². The van der Waals surface area contributed by atoms with E-state index in [2.05, 4.69) is 41.2 Å². The summed E-state index contributed by atoms with van der Waals surface area (Å²) in [4.78, 5) is 37.7. The highest BCUT2D eigenvalue weighted by Crippen LogP contribution is 2.35. The smallest absolute Gasteiger partial charge is 0.319 e. The molecule has 13 nitrogen and oxygen atoms in total. The van der Waals surface area contributed by atoms with Crippen LogP contribution in [0.15, 0.2) is 61.2 Å². The largest absolute Gasteiger partial charge is 0.495 e. The zero-order valence-electron chi connectivity index (χ0n) is 30.4. The maximum absolute atomic E-state index is 14.9. The number of H-pyrrole nitrogens is 2. The van der Waals surface area contributed by atoms with Crippen molar-refractivity contribution >= 4 is 45.5 Å². The van der Waals surface area contributed by atoms with Crippen LogP contribution >= 0.6 is 0 Å². The van der Waals surface area contributed by atoms with E-state index in [1.807, 2.05) is 13.8 Å². The summed E-state index contributed by atoms with van der Waals surface area (Å²) in [7, 11) is 2.98. The van der Waals surface area contributed by atoms with Crippen LogP contribution in [0.25, 0.3) is 22.1 Å². The molecule has 0 aliphatic heterocycles. The summed E-state index contributed by atoms with van der Waals surface area (Å²) in [6, 6.07) is 6.65. The Kier molecular flexibility index (Phi) is 13.1. The van der Waals surface area contributed by atoms with Gasteiger partial charge in [0.05, 0.1) is 43.6 Å². The van der Waals surface area contributed by atoms with Crippen LogP contribution in [0.2, 0.25) is 0 Å². The number of carbonyl (C=O) groups excluding carboxylic acids is 2. The van der Waals surface area contributed by atoms with Gasteiger partial charge in [-0.2, -0.15) is 0 Å². The van der Waals surface area contributed by atoms with Crippen molar-refractivity contribution < 1.29 is 41.7 Å². The molecule has 0 saturated carbocycles. The van der Waals surface area contributed by atoms with Crippen LogP contribution in [0, 0.1) is 23.3 Å². The number of urea groups is 2. The minimum Gasteiger partial charge on any atom is -0.495 e. The fraction of sp³-hybridized carbons (Fsp3) is 0.263. The molecule has 0 saturated heterocycles. The summed E-state index contributed by atoms with van der Waals surface area (Å²) in [6.07, 6.45) is 5.96. The highest BCUT2D eigenvalue weighted by atomic mass is 19.1. The fourth-order valence-corrected chi connectivity index (χ4v) is 5.57. The lowest BCUT2D eigenvalue weighted by Gasteiger charge is -2.16. The molecular formula is C38H40F4N8O5.